The highest BCUT2D eigenvalue weighted by Gasteiger charge is 2.27. The van der Waals surface area contributed by atoms with Crippen molar-refractivity contribution in [2.24, 2.45) is 0 Å². The van der Waals surface area contributed by atoms with Gasteiger partial charge in [0.05, 0.1) is 10.6 Å². The lowest BCUT2D eigenvalue weighted by Crippen LogP contribution is -2.34. The molecule has 0 bridgehead atoms. The van der Waals surface area contributed by atoms with Crippen molar-refractivity contribution in [3.8, 4) is 11.5 Å². The van der Waals surface area contributed by atoms with Crippen LogP contribution in [-0.2, 0) is 10.0 Å². The third-order valence-electron chi connectivity index (χ3n) is 5.68. The molecule has 1 aliphatic rings. The molecular formula is C24H28N2O4S. The van der Waals surface area contributed by atoms with Crippen molar-refractivity contribution >= 4 is 26.5 Å². The zero-order valence-corrected chi connectivity index (χ0v) is 18.8. The fraction of sp³-hybridized carbons (Fsp3) is 0.333. The van der Waals surface area contributed by atoms with Gasteiger partial charge in [0.15, 0.2) is 11.5 Å². The van der Waals surface area contributed by atoms with E-state index in [1.165, 1.54) is 4.31 Å². The quantitative estimate of drug-likeness (QED) is 0.490. The molecule has 0 spiro atoms. The van der Waals surface area contributed by atoms with E-state index in [0.717, 1.165) is 36.8 Å². The third-order valence-corrected chi connectivity index (χ3v) is 7.51. The first-order valence-corrected chi connectivity index (χ1v) is 12.1. The van der Waals surface area contributed by atoms with Crippen LogP contribution in [0.4, 0.5) is 5.69 Å². The van der Waals surface area contributed by atoms with Crippen molar-refractivity contribution in [1.82, 2.24) is 4.90 Å². The van der Waals surface area contributed by atoms with Gasteiger partial charge in [-0.3, -0.25) is 4.31 Å². The van der Waals surface area contributed by atoms with Gasteiger partial charge in [-0.1, -0.05) is 44.2 Å². The van der Waals surface area contributed by atoms with E-state index in [-0.39, 0.29) is 11.7 Å². The number of ether oxygens (including phenoxy) is 2. The molecule has 0 saturated carbocycles. The molecule has 6 nitrogen and oxygen atoms in total. The largest absolute Gasteiger partial charge is 0.454 e. The molecule has 0 aliphatic carbocycles. The van der Waals surface area contributed by atoms with Gasteiger partial charge < -0.3 is 14.4 Å². The average Bonchev–Trinajstić information content (AvgIpc) is 3.26. The topological polar surface area (TPSA) is 59.1 Å². The van der Waals surface area contributed by atoms with Crippen LogP contribution in [0.15, 0.2) is 65.6 Å². The van der Waals surface area contributed by atoms with Crippen molar-refractivity contribution in [1.29, 1.82) is 0 Å². The molecule has 3 aromatic rings. The highest BCUT2D eigenvalue weighted by Crippen LogP contribution is 2.37. The number of anilines is 1. The van der Waals surface area contributed by atoms with Crippen molar-refractivity contribution in [2.45, 2.75) is 25.2 Å². The highest BCUT2D eigenvalue weighted by atomic mass is 32.2. The monoisotopic (exact) mass is 440 g/mol. The summed E-state index contributed by atoms with van der Waals surface area (Å²) in [5.41, 5.74) is 0.581. The first-order chi connectivity index (χ1) is 15.0. The van der Waals surface area contributed by atoms with Gasteiger partial charge in [0.2, 0.25) is 6.79 Å². The fourth-order valence-corrected chi connectivity index (χ4v) is 5.39. The molecule has 7 heteroatoms. The molecule has 0 atom stereocenters. The number of hydrogen-bond acceptors (Lipinski definition) is 5. The minimum Gasteiger partial charge on any atom is -0.454 e. The number of hydrogen-bond donors (Lipinski definition) is 0. The molecule has 3 aromatic carbocycles. The summed E-state index contributed by atoms with van der Waals surface area (Å²) in [5.74, 6) is 1.20. The summed E-state index contributed by atoms with van der Waals surface area (Å²) in [6.07, 6.45) is 0.725. The molecule has 164 valence electrons. The Morgan fingerprint density at radius 1 is 0.839 bits per heavy atom. The number of nitrogens with zero attached hydrogens (tertiary/aromatic N) is 2. The number of rotatable bonds is 9. The standard InChI is InChI=1S/C24H28N2O4S/c1-3-25(4-2)14-7-15-26(21-11-13-23-24(17-21)30-18-29-23)31(27,28)22-12-10-19-8-5-6-9-20(19)16-22/h5-6,8-13,16-17H,3-4,7,14-15,18H2,1-2H3. The molecule has 0 aromatic heterocycles. The average molecular weight is 441 g/mol. The number of benzene rings is 3. The Morgan fingerprint density at radius 2 is 1.58 bits per heavy atom. The lowest BCUT2D eigenvalue weighted by molar-refractivity contribution is 0.174. The molecule has 1 aliphatic heterocycles. The summed E-state index contributed by atoms with van der Waals surface area (Å²) in [7, 11) is -3.76. The normalized spacial score (nSPS) is 13.1. The van der Waals surface area contributed by atoms with Crippen LogP contribution in [0.25, 0.3) is 10.8 Å². The fourth-order valence-electron chi connectivity index (χ4n) is 3.86. The maximum atomic E-state index is 13.7. The van der Waals surface area contributed by atoms with Crippen LogP contribution in [-0.4, -0.2) is 46.3 Å². The molecule has 1 heterocycles. The van der Waals surface area contributed by atoms with E-state index in [9.17, 15) is 8.42 Å². The smallest absolute Gasteiger partial charge is 0.264 e. The summed E-state index contributed by atoms with van der Waals surface area (Å²) in [6, 6.07) is 18.4. The van der Waals surface area contributed by atoms with E-state index in [2.05, 4.69) is 18.7 Å². The number of sulfonamides is 1. The van der Waals surface area contributed by atoms with E-state index in [1.54, 1.807) is 30.3 Å². The lowest BCUT2D eigenvalue weighted by Gasteiger charge is -2.26. The summed E-state index contributed by atoms with van der Waals surface area (Å²) < 4.78 is 39.8. The Bertz CT molecular complexity index is 1160. The predicted octanol–water partition coefficient (Wildman–Crippen LogP) is 4.50. The maximum absolute atomic E-state index is 13.7. The van der Waals surface area contributed by atoms with Crippen LogP contribution >= 0.6 is 0 Å². The van der Waals surface area contributed by atoms with Crippen molar-refractivity contribution in [3.05, 3.63) is 60.7 Å². The van der Waals surface area contributed by atoms with Crippen LogP contribution < -0.4 is 13.8 Å². The van der Waals surface area contributed by atoms with Gasteiger partial charge in [-0.2, -0.15) is 0 Å². The first-order valence-electron chi connectivity index (χ1n) is 10.7. The summed E-state index contributed by atoms with van der Waals surface area (Å²) in [4.78, 5) is 2.58. The molecule has 0 amide bonds. The zero-order valence-electron chi connectivity index (χ0n) is 18.0. The Labute approximate surface area is 184 Å². The third kappa shape index (κ3) is 4.48. The Morgan fingerprint density at radius 3 is 2.35 bits per heavy atom. The van der Waals surface area contributed by atoms with E-state index in [0.29, 0.717) is 23.7 Å². The van der Waals surface area contributed by atoms with E-state index >= 15 is 0 Å². The molecule has 0 N–H and O–H groups in total. The predicted molar refractivity (Wildman–Crippen MR) is 123 cm³/mol. The van der Waals surface area contributed by atoms with Gasteiger partial charge in [-0.05, 0) is 61.1 Å². The van der Waals surface area contributed by atoms with Crippen LogP contribution in [0.3, 0.4) is 0 Å². The van der Waals surface area contributed by atoms with Crippen molar-refractivity contribution in [2.75, 3.05) is 37.3 Å². The van der Waals surface area contributed by atoms with Crippen LogP contribution in [0.2, 0.25) is 0 Å². The molecular weight excluding hydrogens is 412 g/mol. The molecule has 0 fully saturated rings. The lowest BCUT2D eigenvalue weighted by atomic mass is 10.1. The maximum Gasteiger partial charge on any atom is 0.264 e. The Balaban J connectivity index is 1.69. The second-order valence-electron chi connectivity index (χ2n) is 7.50. The summed E-state index contributed by atoms with van der Waals surface area (Å²) >= 11 is 0. The van der Waals surface area contributed by atoms with Gasteiger partial charge >= 0.3 is 0 Å². The Hall–Kier alpha value is -2.77. The highest BCUT2D eigenvalue weighted by molar-refractivity contribution is 7.92. The molecule has 0 unspecified atom stereocenters. The minimum absolute atomic E-state index is 0.151. The van der Waals surface area contributed by atoms with Gasteiger partial charge in [-0.25, -0.2) is 8.42 Å². The van der Waals surface area contributed by atoms with E-state index in [1.807, 2.05) is 30.3 Å². The second-order valence-corrected chi connectivity index (χ2v) is 9.37. The summed E-state index contributed by atoms with van der Waals surface area (Å²) in [5, 5.41) is 1.91. The van der Waals surface area contributed by atoms with Crippen LogP contribution in [0.5, 0.6) is 11.5 Å². The SMILES string of the molecule is CCN(CC)CCCN(c1ccc2c(c1)OCO2)S(=O)(=O)c1ccc2ccccc2c1. The Kier molecular flexibility index (Phi) is 6.34. The zero-order chi connectivity index (χ0) is 21.8. The van der Waals surface area contributed by atoms with Gasteiger partial charge in [-0.15, -0.1) is 0 Å². The van der Waals surface area contributed by atoms with Gasteiger partial charge in [0.25, 0.3) is 10.0 Å². The van der Waals surface area contributed by atoms with E-state index in [4.69, 9.17) is 9.47 Å². The van der Waals surface area contributed by atoms with Crippen molar-refractivity contribution < 1.29 is 17.9 Å². The molecule has 0 radical (unpaired) electrons. The molecule has 0 saturated heterocycles. The second kappa shape index (κ2) is 9.16. The summed E-state index contributed by atoms with van der Waals surface area (Å²) in [6.45, 7) is 7.48. The van der Waals surface area contributed by atoms with Crippen molar-refractivity contribution in [3.63, 3.8) is 0 Å². The van der Waals surface area contributed by atoms with E-state index < -0.39 is 10.0 Å². The van der Waals surface area contributed by atoms with Crippen LogP contribution in [0, 0.1) is 0 Å². The van der Waals surface area contributed by atoms with Gasteiger partial charge in [0.1, 0.15) is 0 Å². The van der Waals surface area contributed by atoms with Crippen LogP contribution in [0.1, 0.15) is 20.3 Å². The molecule has 31 heavy (non-hydrogen) atoms. The van der Waals surface area contributed by atoms with Gasteiger partial charge in [0, 0.05) is 12.6 Å². The number of fused-ring (bicyclic) bond motifs is 2. The molecule has 4 rings (SSSR count). The minimum atomic E-state index is -3.76. The first kappa shape index (κ1) is 21.5.